The van der Waals surface area contributed by atoms with Crippen molar-refractivity contribution in [2.45, 2.75) is 45.8 Å². The summed E-state index contributed by atoms with van der Waals surface area (Å²) in [5.74, 6) is 1.26. The van der Waals surface area contributed by atoms with Gasteiger partial charge in [-0.15, -0.1) is 0 Å². The highest BCUT2D eigenvalue weighted by atomic mass is 16.6. The summed E-state index contributed by atoms with van der Waals surface area (Å²) in [7, 11) is 0. The number of carbonyl (C=O) groups excluding carboxylic acids is 2. The Kier molecular flexibility index (Phi) is 7.46. The molecule has 31 heavy (non-hydrogen) atoms. The fourth-order valence-electron chi connectivity index (χ4n) is 3.39. The monoisotopic (exact) mass is 425 g/mol. The zero-order chi connectivity index (χ0) is 22.4. The molecule has 0 aromatic heterocycles. The van der Waals surface area contributed by atoms with Crippen LogP contribution in [0.3, 0.4) is 0 Å². The lowest BCUT2D eigenvalue weighted by molar-refractivity contribution is -0.155. The molecule has 1 aliphatic rings. The Bertz CT molecular complexity index is 884. The second-order valence-corrected chi connectivity index (χ2v) is 8.75. The average molecular weight is 426 g/mol. The lowest BCUT2D eigenvalue weighted by atomic mass is 10.1. The van der Waals surface area contributed by atoms with Crippen molar-refractivity contribution in [1.82, 2.24) is 4.90 Å². The Morgan fingerprint density at radius 2 is 1.65 bits per heavy atom. The van der Waals surface area contributed by atoms with Crippen molar-refractivity contribution < 1.29 is 23.8 Å². The molecular formula is C25H31NO5. The van der Waals surface area contributed by atoms with Crippen LogP contribution in [0.2, 0.25) is 0 Å². The number of nitrogens with zero attached hydrogens (tertiary/aromatic N) is 1. The molecule has 6 heteroatoms. The summed E-state index contributed by atoms with van der Waals surface area (Å²) in [6.45, 7) is 10.00. The van der Waals surface area contributed by atoms with Gasteiger partial charge in [-0.3, -0.25) is 14.5 Å². The highest BCUT2D eigenvalue weighted by Gasteiger charge is 2.23. The number of morpholine rings is 1. The van der Waals surface area contributed by atoms with Gasteiger partial charge >= 0.3 is 5.97 Å². The first-order valence-electron chi connectivity index (χ1n) is 10.6. The summed E-state index contributed by atoms with van der Waals surface area (Å²) < 4.78 is 17.2. The molecule has 1 aliphatic heterocycles. The van der Waals surface area contributed by atoms with Gasteiger partial charge in [0, 0.05) is 25.2 Å². The molecule has 0 bridgehead atoms. The SMILES string of the molecule is CC(=O)c1ccc(Oc2ccc(C3CN(CCC(=O)OC(C)(C)C)CCO3)cc2)cc1. The fraction of sp³-hybridized carbons (Fsp3) is 0.440. The highest BCUT2D eigenvalue weighted by Crippen LogP contribution is 2.27. The normalized spacial score (nSPS) is 17.2. The number of rotatable bonds is 7. The largest absolute Gasteiger partial charge is 0.460 e. The quantitative estimate of drug-likeness (QED) is 0.470. The van der Waals surface area contributed by atoms with E-state index in [1.807, 2.05) is 45.0 Å². The minimum absolute atomic E-state index is 0.0310. The Morgan fingerprint density at radius 1 is 1.03 bits per heavy atom. The molecule has 0 radical (unpaired) electrons. The number of ketones is 1. The first-order valence-corrected chi connectivity index (χ1v) is 10.6. The third kappa shape index (κ3) is 7.19. The molecule has 1 fully saturated rings. The van der Waals surface area contributed by atoms with E-state index < -0.39 is 5.60 Å². The smallest absolute Gasteiger partial charge is 0.307 e. The van der Waals surface area contributed by atoms with Crippen LogP contribution in [0.25, 0.3) is 0 Å². The van der Waals surface area contributed by atoms with Crippen LogP contribution in [0.4, 0.5) is 0 Å². The van der Waals surface area contributed by atoms with Crippen LogP contribution in [0.15, 0.2) is 48.5 Å². The minimum atomic E-state index is -0.454. The van der Waals surface area contributed by atoms with Crippen molar-refractivity contribution in [1.29, 1.82) is 0 Å². The summed E-state index contributed by atoms with van der Waals surface area (Å²) in [5.41, 5.74) is 1.28. The van der Waals surface area contributed by atoms with Crippen LogP contribution in [-0.4, -0.2) is 48.5 Å². The molecule has 1 unspecified atom stereocenters. The minimum Gasteiger partial charge on any atom is -0.460 e. The second-order valence-electron chi connectivity index (χ2n) is 8.75. The zero-order valence-electron chi connectivity index (χ0n) is 18.7. The standard InChI is InChI=1S/C25H31NO5/c1-18(27)19-5-9-21(10-6-19)30-22-11-7-20(8-12-22)23-17-26(15-16-29-23)14-13-24(28)31-25(2,3)4/h5-12,23H,13-17H2,1-4H3. The van der Waals surface area contributed by atoms with Gasteiger partial charge in [0.2, 0.25) is 0 Å². The molecular weight excluding hydrogens is 394 g/mol. The number of benzene rings is 2. The van der Waals surface area contributed by atoms with Crippen LogP contribution in [0, 0.1) is 0 Å². The molecule has 6 nitrogen and oxygen atoms in total. The molecule has 2 aromatic carbocycles. The maximum atomic E-state index is 12.0. The van der Waals surface area contributed by atoms with E-state index in [-0.39, 0.29) is 17.9 Å². The lowest BCUT2D eigenvalue weighted by Crippen LogP contribution is -2.39. The molecule has 0 aliphatic carbocycles. The molecule has 1 atom stereocenters. The van der Waals surface area contributed by atoms with E-state index in [0.717, 1.165) is 24.4 Å². The molecule has 1 heterocycles. The van der Waals surface area contributed by atoms with E-state index >= 15 is 0 Å². The maximum Gasteiger partial charge on any atom is 0.307 e. The first-order chi connectivity index (χ1) is 14.7. The molecule has 0 spiro atoms. The number of Topliss-reactive ketones (excluding diaryl/α,β-unsaturated/α-hetero) is 1. The van der Waals surface area contributed by atoms with E-state index in [1.165, 1.54) is 0 Å². The number of ether oxygens (including phenoxy) is 3. The van der Waals surface area contributed by atoms with E-state index in [2.05, 4.69) is 4.90 Å². The Balaban J connectivity index is 1.53. The van der Waals surface area contributed by atoms with E-state index in [0.29, 0.717) is 30.9 Å². The number of hydrogen-bond donors (Lipinski definition) is 0. The summed E-state index contributed by atoms with van der Waals surface area (Å²) in [5, 5.41) is 0. The van der Waals surface area contributed by atoms with Crippen molar-refractivity contribution in [2.24, 2.45) is 0 Å². The second kappa shape index (κ2) is 10.1. The Labute approximate surface area is 184 Å². The average Bonchev–Trinajstić information content (AvgIpc) is 2.72. The van der Waals surface area contributed by atoms with Crippen molar-refractivity contribution >= 4 is 11.8 Å². The zero-order valence-corrected chi connectivity index (χ0v) is 18.7. The molecule has 1 saturated heterocycles. The van der Waals surface area contributed by atoms with Gasteiger partial charge in [0.25, 0.3) is 0 Å². The van der Waals surface area contributed by atoms with Crippen molar-refractivity contribution in [3.8, 4) is 11.5 Å². The molecule has 2 aromatic rings. The first kappa shape index (κ1) is 23.0. The molecule has 0 saturated carbocycles. The van der Waals surface area contributed by atoms with Crippen LogP contribution in [0.5, 0.6) is 11.5 Å². The molecule has 166 valence electrons. The summed E-state index contributed by atoms with van der Waals surface area (Å²) in [6.07, 6.45) is 0.329. The van der Waals surface area contributed by atoms with E-state index in [1.54, 1.807) is 31.2 Å². The van der Waals surface area contributed by atoms with Crippen molar-refractivity contribution in [2.75, 3.05) is 26.2 Å². The van der Waals surface area contributed by atoms with E-state index in [4.69, 9.17) is 14.2 Å². The van der Waals surface area contributed by atoms with Crippen molar-refractivity contribution in [3.05, 3.63) is 59.7 Å². The maximum absolute atomic E-state index is 12.0. The topological polar surface area (TPSA) is 65.1 Å². The van der Waals surface area contributed by atoms with Crippen LogP contribution in [0.1, 0.15) is 56.1 Å². The molecule has 3 rings (SSSR count). The van der Waals surface area contributed by atoms with Crippen LogP contribution >= 0.6 is 0 Å². The summed E-state index contributed by atoms with van der Waals surface area (Å²) in [6, 6.07) is 14.9. The van der Waals surface area contributed by atoms with Gasteiger partial charge in [0.15, 0.2) is 5.78 Å². The predicted molar refractivity (Wildman–Crippen MR) is 119 cm³/mol. The third-order valence-corrected chi connectivity index (χ3v) is 4.95. The van der Waals surface area contributed by atoms with Gasteiger partial charge in [-0.2, -0.15) is 0 Å². The predicted octanol–water partition coefficient (Wildman–Crippen LogP) is 4.79. The van der Waals surface area contributed by atoms with Gasteiger partial charge in [-0.05, 0) is 69.7 Å². The summed E-state index contributed by atoms with van der Waals surface area (Å²) >= 11 is 0. The van der Waals surface area contributed by atoms with Crippen molar-refractivity contribution in [3.63, 3.8) is 0 Å². The van der Waals surface area contributed by atoms with E-state index in [9.17, 15) is 9.59 Å². The van der Waals surface area contributed by atoms with Gasteiger partial charge in [0.1, 0.15) is 17.1 Å². The Hall–Kier alpha value is -2.70. The summed E-state index contributed by atoms with van der Waals surface area (Å²) in [4.78, 5) is 25.6. The Morgan fingerprint density at radius 3 is 2.23 bits per heavy atom. The fourth-order valence-corrected chi connectivity index (χ4v) is 3.39. The van der Waals surface area contributed by atoms with Gasteiger partial charge in [0.05, 0.1) is 19.1 Å². The van der Waals surface area contributed by atoms with Gasteiger partial charge in [-0.1, -0.05) is 12.1 Å². The molecule has 0 amide bonds. The number of hydrogen-bond acceptors (Lipinski definition) is 6. The van der Waals surface area contributed by atoms with Gasteiger partial charge in [-0.25, -0.2) is 0 Å². The van der Waals surface area contributed by atoms with Crippen LogP contribution in [-0.2, 0) is 14.3 Å². The lowest BCUT2D eigenvalue weighted by Gasteiger charge is -2.33. The number of esters is 1. The van der Waals surface area contributed by atoms with Crippen LogP contribution < -0.4 is 4.74 Å². The molecule has 0 N–H and O–H groups in total. The highest BCUT2D eigenvalue weighted by molar-refractivity contribution is 5.94. The van der Waals surface area contributed by atoms with Gasteiger partial charge < -0.3 is 14.2 Å². The third-order valence-electron chi connectivity index (χ3n) is 4.95. The number of carbonyl (C=O) groups is 2.